The van der Waals surface area contributed by atoms with Gasteiger partial charge in [-0.3, -0.25) is 0 Å². The Morgan fingerprint density at radius 2 is 2.00 bits per heavy atom. The fraction of sp³-hybridized carbons (Fsp3) is 0.286. The second-order valence-corrected chi connectivity index (χ2v) is 2.54. The van der Waals surface area contributed by atoms with Gasteiger partial charge in [0.2, 0.25) is 12.4 Å². The van der Waals surface area contributed by atoms with Gasteiger partial charge < -0.3 is 0 Å². The van der Waals surface area contributed by atoms with E-state index in [-0.39, 0.29) is 5.82 Å². The third-order valence-electron chi connectivity index (χ3n) is 0.821. The lowest BCUT2D eigenvalue weighted by Crippen LogP contribution is -2.43. The van der Waals surface area contributed by atoms with Crippen molar-refractivity contribution in [1.82, 2.24) is 0 Å². The first-order valence-electron chi connectivity index (χ1n) is 3.31. The number of nitrogens with zero attached hydrogens (tertiary/aromatic N) is 1. The van der Waals surface area contributed by atoms with E-state index in [1.54, 1.807) is 6.20 Å². The predicted molar refractivity (Wildman–Crippen MR) is 45.8 cm³/mol. The molecule has 0 radical (unpaired) electrons. The summed E-state index contributed by atoms with van der Waals surface area (Å²) in [6.07, 6.45) is 2.74. The molecule has 0 fully saturated rings. The van der Waals surface area contributed by atoms with Gasteiger partial charge in [-0.05, 0) is 15.9 Å². The smallest absolute Gasteiger partial charge is 0.205 e. The van der Waals surface area contributed by atoms with Crippen molar-refractivity contribution in [3.63, 3.8) is 0 Å². The van der Waals surface area contributed by atoms with Gasteiger partial charge in [0.1, 0.15) is 0 Å². The number of nitrogen functional groups attached to an aromatic ring is 1. The highest BCUT2D eigenvalue weighted by molar-refractivity contribution is 9.10. The van der Waals surface area contributed by atoms with Crippen LogP contribution in [-0.2, 0) is 0 Å². The largest absolute Gasteiger partial charge is 0.234 e. The van der Waals surface area contributed by atoms with E-state index in [4.69, 9.17) is 5.84 Å². The van der Waals surface area contributed by atoms with E-state index in [9.17, 15) is 4.39 Å². The molecule has 2 N–H and O–H groups in total. The quantitative estimate of drug-likeness (QED) is 0.524. The van der Waals surface area contributed by atoms with Gasteiger partial charge in [0.25, 0.3) is 0 Å². The zero-order valence-electron chi connectivity index (χ0n) is 6.51. The van der Waals surface area contributed by atoms with E-state index in [1.165, 1.54) is 12.3 Å². The van der Waals surface area contributed by atoms with Gasteiger partial charge in [-0.15, -0.1) is 0 Å². The number of hydrogen-bond donors (Lipinski definition) is 1. The number of pyridine rings is 1. The Kier molecular flexibility index (Phi) is 4.77. The van der Waals surface area contributed by atoms with Crippen LogP contribution in [0.1, 0.15) is 13.8 Å². The predicted octanol–water partition coefficient (Wildman–Crippen LogP) is 1.62. The lowest BCUT2D eigenvalue weighted by atomic mass is 10.5. The van der Waals surface area contributed by atoms with Crippen LogP contribution < -0.4 is 10.5 Å². The lowest BCUT2D eigenvalue weighted by molar-refractivity contribution is -0.641. The van der Waals surface area contributed by atoms with Gasteiger partial charge in [-0.2, -0.15) is 0 Å². The molecule has 11 heavy (non-hydrogen) atoms. The lowest BCUT2D eigenvalue weighted by Gasteiger charge is -1.86. The minimum absolute atomic E-state index is 0.355. The Labute approximate surface area is 73.9 Å². The molecule has 1 heterocycles. The van der Waals surface area contributed by atoms with Gasteiger partial charge in [0, 0.05) is 6.07 Å². The minimum atomic E-state index is -0.355. The summed E-state index contributed by atoms with van der Waals surface area (Å²) < 4.78 is 14.1. The van der Waals surface area contributed by atoms with Gasteiger partial charge >= 0.3 is 0 Å². The molecule has 0 unspecified atom stereocenters. The van der Waals surface area contributed by atoms with Crippen LogP contribution in [0.5, 0.6) is 0 Å². The van der Waals surface area contributed by atoms with Gasteiger partial charge in [-0.25, -0.2) is 10.2 Å². The third-order valence-corrected chi connectivity index (χ3v) is 1.25. The second-order valence-electron chi connectivity index (χ2n) is 1.62. The summed E-state index contributed by atoms with van der Waals surface area (Å²) in [6.45, 7) is 4.00. The molecule has 0 saturated carbocycles. The zero-order valence-corrected chi connectivity index (χ0v) is 8.10. The second kappa shape index (κ2) is 5.07. The molecule has 4 heteroatoms. The van der Waals surface area contributed by atoms with Gasteiger partial charge in [-0.1, -0.05) is 18.5 Å². The van der Waals surface area contributed by atoms with E-state index in [0.29, 0.717) is 4.47 Å². The summed E-state index contributed by atoms with van der Waals surface area (Å²) in [5.74, 6) is 4.85. The van der Waals surface area contributed by atoms with Crippen molar-refractivity contribution in [2.45, 2.75) is 13.8 Å². The minimum Gasteiger partial charge on any atom is -0.205 e. The van der Waals surface area contributed by atoms with Crippen molar-refractivity contribution in [3.8, 4) is 0 Å². The zero-order chi connectivity index (χ0) is 8.85. The summed E-state index contributed by atoms with van der Waals surface area (Å²) in [6, 6.07) is 1.34. The molecule has 0 aliphatic carbocycles. The molecule has 0 aliphatic heterocycles. The number of rotatable bonds is 0. The first kappa shape index (κ1) is 10.4. The van der Waals surface area contributed by atoms with Crippen LogP contribution in [0.4, 0.5) is 4.39 Å². The summed E-state index contributed by atoms with van der Waals surface area (Å²) in [4.78, 5) is 0. The van der Waals surface area contributed by atoms with E-state index in [1.807, 2.05) is 13.8 Å². The number of aromatic nitrogens is 1. The molecule has 1 aromatic rings. The number of nitrogens with two attached hydrogens (primary N) is 1. The molecule has 0 aromatic carbocycles. The molecule has 0 amide bonds. The van der Waals surface area contributed by atoms with Crippen molar-refractivity contribution < 1.29 is 9.07 Å². The topological polar surface area (TPSA) is 29.9 Å². The van der Waals surface area contributed by atoms with Crippen LogP contribution in [0.2, 0.25) is 0 Å². The van der Waals surface area contributed by atoms with Crippen molar-refractivity contribution in [3.05, 3.63) is 28.7 Å². The van der Waals surface area contributed by atoms with Crippen molar-refractivity contribution in [2.24, 2.45) is 0 Å². The van der Waals surface area contributed by atoms with Crippen LogP contribution in [-0.4, -0.2) is 0 Å². The normalized spacial score (nSPS) is 8.36. The van der Waals surface area contributed by atoms with Crippen molar-refractivity contribution in [2.75, 3.05) is 5.84 Å². The van der Waals surface area contributed by atoms with Crippen LogP contribution in [0.3, 0.4) is 0 Å². The number of halogens is 2. The SMILES string of the molecule is CC.N[n+]1cc(F)cc(Br)c1. The molecule has 0 bridgehead atoms. The summed E-state index contributed by atoms with van der Waals surface area (Å²) in [5, 5.41) is 0. The summed E-state index contributed by atoms with van der Waals surface area (Å²) >= 11 is 3.07. The monoisotopic (exact) mass is 221 g/mol. The molecule has 0 spiro atoms. The first-order chi connectivity index (χ1) is 5.18. The van der Waals surface area contributed by atoms with E-state index < -0.39 is 0 Å². The van der Waals surface area contributed by atoms with E-state index in [0.717, 1.165) is 4.68 Å². The molecule has 0 atom stereocenters. The summed E-state index contributed by atoms with van der Waals surface area (Å²) in [7, 11) is 0. The Morgan fingerprint density at radius 1 is 1.45 bits per heavy atom. The maximum Gasteiger partial charge on any atom is 0.234 e. The van der Waals surface area contributed by atoms with Crippen LogP contribution in [0.25, 0.3) is 0 Å². The Hall–Kier alpha value is -0.640. The Balaban J connectivity index is 0.000000461. The van der Waals surface area contributed by atoms with Crippen LogP contribution in [0.15, 0.2) is 22.9 Å². The van der Waals surface area contributed by atoms with E-state index >= 15 is 0 Å². The molecular weight excluding hydrogens is 211 g/mol. The fourth-order valence-corrected chi connectivity index (χ4v) is 0.983. The average Bonchev–Trinajstić information content (AvgIpc) is 1.88. The molecular formula is C7H11BrFN2+. The van der Waals surface area contributed by atoms with Gasteiger partial charge in [0.05, 0.1) is 4.47 Å². The molecule has 0 saturated heterocycles. The maximum atomic E-state index is 12.3. The third kappa shape index (κ3) is 3.93. The highest BCUT2D eigenvalue weighted by Crippen LogP contribution is 2.05. The van der Waals surface area contributed by atoms with Gasteiger partial charge in [0.15, 0.2) is 5.82 Å². The fourth-order valence-electron chi connectivity index (χ4n) is 0.528. The molecule has 62 valence electrons. The molecule has 2 nitrogen and oxygen atoms in total. The standard InChI is InChI=1S/C5H5BrFN2.C2H6/c6-4-1-5(7)3-9(8)2-4;1-2/h1-3H,8H2;1-2H3/q+1;. The maximum absolute atomic E-state index is 12.3. The highest BCUT2D eigenvalue weighted by atomic mass is 79.9. The highest BCUT2D eigenvalue weighted by Gasteiger charge is 2.00. The van der Waals surface area contributed by atoms with Crippen LogP contribution in [0, 0.1) is 5.82 Å². The average molecular weight is 222 g/mol. The van der Waals surface area contributed by atoms with E-state index in [2.05, 4.69) is 15.9 Å². The van der Waals surface area contributed by atoms with Crippen molar-refractivity contribution >= 4 is 15.9 Å². The summed E-state index contributed by atoms with van der Waals surface area (Å²) in [5.41, 5.74) is 0. The molecule has 1 aromatic heterocycles. The Morgan fingerprint density at radius 3 is 2.36 bits per heavy atom. The first-order valence-corrected chi connectivity index (χ1v) is 4.10. The number of hydrogen-bond acceptors (Lipinski definition) is 1. The molecule has 1 rings (SSSR count). The molecule has 0 aliphatic rings. The van der Waals surface area contributed by atoms with Crippen LogP contribution >= 0.6 is 15.9 Å². The Bertz CT molecular complexity index is 177. The van der Waals surface area contributed by atoms with Crippen molar-refractivity contribution in [1.29, 1.82) is 0 Å².